The molecule has 0 saturated heterocycles. The lowest BCUT2D eigenvalue weighted by Gasteiger charge is -2.16. The van der Waals surface area contributed by atoms with Crippen LogP contribution in [0, 0.1) is 5.92 Å². The van der Waals surface area contributed by atoms with Gasteiger partial charge in [-0.05, 0) is 18.8 Å². The summed E-state index contributed by atoms with van der Waals surface area (Å²) in [5.41, 5.74) is 3.50. The van der Waals surface area contributed by atoms with Gasteiger partial charge in [0.1, 0.15) is 0 Å². The van der Waals surface area contributed by atoms with E-state index in [0.717, 1.165) is 25.1 Å². The summed E-state index contributed by atoms with van der Waals surface area (Å²) in [7, 11) is 5.48. The minimum absolute atomic E-state index is 0.0175. The normalized spacial score (nSPS) is 11.8. The van der Waals surface area contributed by atoms with Gasteiger partial charge in [-0.1, -0.05) is 27.7 Å². The van der Waals surface area contributed by atoms with Crippen molar-refractivity contribution in [2.75, 3.05) is 27.2 Å². The molecular weight excluding hydrogens is 316 g/mol. The Kier molecular flexibility index (Phi) is 8.45. The van der Waals surface area contributed by atoms with E-state index in [0.29, 0.717) is 18.4 Å². The number of hydrogen-bond acceptors (Lipinski definition) is 3. The zero-order chi connectivity index (χ0) is 19.0. The second-order valence-electron chi connectivity index (χ2n) is 6.78. The Morgan fingerprint density at radius 3 is 2.44 bits per heavy atom. The van der Waals surface area contributed by atoms with Crippen molar-refractivity contribution in [3.8, 4) is 0 Å². The fourth-order valence-corrected chi connectivity index (χ4v) is 2.52. The van der Waals surface area contributed by atoms with Gasteiger partial charge in [0.25, 0.3) is 0 Å². The maximum absolute atomic E-state index is 11.8. The van der Waals surface area contributed by atoms with Gasteiger partial charge in [0.2, 0.25) is 5.91 Å². The maximum atomic E-state index is 11.8. The number of nitrogens with one attached hydrogen (secondary N) is 2. The van der Waals surface area contributed by atoms with E-state index in [1.807, 2.05) is 11.7 Å². The van der Waals surface area contributed by atoms with Gasteiger partial charge in [-0.15, -0.1) is 0 Å². The molecule has 0 unspecified atom stereocenters. The quantitative estimate of drug-likeness (QED) is 0.548. The number of nitrogens with zero attached hydrogens (tertiary/aromatic N) is 4. The second kappa shape index (κ2) is 10.1. The third-order valence-corrected chi connectivity index (χ3v) is 4.01. The molecule has 7 heteroatoms. The highest BCUT2D eigenvalue weighted by Crippen LogP contribution is 2.16. The predicted octanol–water partition coefficient (Wildman–Crippen LogP) is 1.32. The average molecular weight is 351 g/mol. The molecular formula is C18H34N6O. The van der Waals surface area contributed by atoms with Crippen molar-refractivity contribution in [2.24, 2.45) is 18.0 Å². The number of likely N-dealkylation sites (N-methyl/N-ethyl adjacent to an activating group) is 1. The van der Waals surface area contributed by atoms with Gasteiger partial charge >= 0.3 is 0 Å². The van der Waals surface area contributed by atoms with Gasteiger partial charge < -0.3 is 15.5 Å². The van der Waals surface area contributed by atoms with Gasteiger partial charge in [-0.25, -0.2) is 4.99 Å². The summed E-state index contributed by atoms with van der Waals surface area (Å²) in [6, 6.07) is 0. The van der Waals surface area contributed by atoms with Crippen LogP contribution in [0.2, 0.25) is 0 Å². The molecule has 0 spiro atoms. The molecule has 25 heavy (non-hydrogen) atoms. The number of guanidine groups is 1. The van der Waals surface area contributed by atoms with Crippen molar-refractivity contribution >= 4 is 11.9 Å². The summed E-state index contributed by atoms with van der Waals surface area (Å²) >= 11 is 0. The summed E-state index contributed by atoms with van der Waals surface area (Å²) in [5, 5.41) is 11.0. The van der Waals surface area contributed by atoms with Crippen LogP contribution in [0.5, 0.6) is 0 Å². The van der Waals surface area contributed by atoms with Gasteiger partial charge in [0, 0.05) is 38.9 Å². The van der Waals surface area contributed by atoms with Crippen LogP contribution in [0.25, 0.3) is 0 Å². The van der Waals surface area contributed by atoms with Gasteiger partial charge in [0.15, 0.2) is 5.96 Å². The first-order valence-corrected chi connectivity index (χ1v) is 9.05. The summed E-state index contributed by atoms with van der Waals surface area (Å²) in [6.07, 6.45) is 1.82. The summed E-state index contributed by atoms with van der Waals surface area (Å²) in [5.74, 6) is 1.17. The highest BCUT2D eigenvalue weighted by atomic mass is 16.2. The summed E-state index contributed by atoms with van der Waals surface area (Å²) in [6.45, 7) is 10.1. The molecule has 1 heterocycles. The Morgan fingerprint density at radius 1 is 1.24 bits per heavy atom. The highest BCUT2D eigenvalue weighted by Gasteiger charge is 2.14. The number of aromatic nitrogens is 2. The Hall–Kier alpha value is -2.05. The molecule has 7 nitrogen and oxygen atoms in total. The van der Waals surface area contributed by atoms with Crippen molar-refractivity contribution in [3.63, 3.8) is 0 Å². The molecule has 0 bridgehead atoms. The first-order valence-electron chi connectivity index (χ1n) is 9.05. The molecule has 0 atom stereocenters. The maximum Gasteiger partial charge on any atom is 0.241 e. The number of amides is 1. The number of rotatable bonds is 8. The smallest absolute Gasteiger partial charge is 0.241 e. The molecule has 142 valence electrons. The van der Waals surface area contributed by atoms with Crippen LogP contribution in [-0.2, 0) is 31.2 Å². The minimum Gasteiger partial charge on any atom is -0.356 e. The van der Waals surface area contributed by atoms with Crippen molar-refractivity contribution in [1.29, 1.82) is 0 Å². The molecule has 0 saturated carbocycles. The zero-order valence-corrected chi connectivity index (χ0v) is 16.8. The first kappa shape index (κ1) is 21.0. The van der Waals surface area contributed by atoms with E-state index in [-0.39, 0.29) is 12.5 Å². The van der Waals surface area contributed by atoms with Crippen molar-refractivity contribution < 1.29 is 4.79 Å². The fraction of sp³-hybridized carbons (Fsp3) is 0.722. The van der Waals surface area contributed by atoms with E-state index in [9.17, 15) is 4.79 Å². The number of hydrogen-bond donors (Lipinski definition) is 2. The third-order valence-electron chi connectivity index (χ3n) is 4.01. The van der Waals surface area contributed by atoms with E-state index in [2.05, 4.69) is 43.4 Å². The van der Waals surface area contributed by atoms with Gasteiger partial charge in [-0.3, -0.25) is 9.48 Å². The number of aliphatic imine (C=N–C) groups is 1. The first-order chi connectivity index (χ1) is 11.8. The Balaban J connectivity index is 2.92. The van der Waals surface area contributed by atoms with Gasteiger partial charge in [0.05, 0.1) is 18.8 Å². The number of carbonyl (C=O) groups is 1. The number of aryl methyl sites for hydroxylation is 2. The summed E-state index contributed by atoms with van der Waals surface area (Å²) in [4.78, 5) is 18.1. The molecule has 1 aromatic heterocycles. The van der Waals surface area contributed by atoms with E-state index < -0.39 is 0 Å². The van der Waals surface area contributed by atoms with Crippen LogP contribution in [0.15, 0.2) is 4.99 Å². The lowest BCUT2D eigenvalue weighted by atomic mass is 10.1. The molecule has 0 aliphatic rings. The minimum atomic E-state index is 0.0175. The number of carbonyl (C=O) groups excluding carboxylic acids is 1. The monoisotopic (exact) mass is 350 g/mol. The largest absolute Gasteiger partial charge is 0.356 e. The zero-order valence-electron chi connectivity index (χ0n) is 16.8. The Morgan fingerprint density at radius 2 is 1.92 bits per heavy atom. The third kappa shape index (κ3) is 6.40. The Bertz CT molecular complexity index is 589. The van der Waals surface area contributed by atoms with Crippen molar-refractivity contribution in [3.05, 3.63) is 17.0 Å². The lowest BCUT2D eigenvalue weighted by Crippen LogP contribution is -2.44. The van der Waals surface area contributed by atoms with Crippen LogP contribution >= 0.6 is 0 Å². The van der Waals surface area contributed by atoms with E-state index in [4.69, 9.17) is 4.99 Å². The van der Waals surface area contributed by atoms with Crippen LogP contribution in [0.1, 0.15) is 44.6 Å². The fourth-order valence-electron chi connectivity index (χ4n) is 2.52. The molecule has 1 amide bonds. The highest BCUT2D eigenvalue weighted by molar-refractivity contribution is 5.86. The molecule has 0 aromatic carbocycles. The molecule has 0 aliphatic heterocycles. The van der Waals surface area contributed by atoms with Crippen LogP contribution in [0.3, 0.4) is 0 Å². The van der Waals surface area contributed by atoms with E-state index >= 15 is 0 Å². The van der Waals surface area contributed by atoms with Crippen molar-refractivity contribution in [1.82, 2.24) is 25.3 Å². The van der Waals surface area contributed by atoms with E-state index in [1.165, 1.54) is 11.3 Å². The predicted molar refractivity (Wildman–Crippen MR) is 103 cm³/mol. The standard InChI is InChI=1S/C18H34N6O/c1-8-15-14(16(9-2)24(7)22-15)11-20-18(19-10-13(3)4)21-12-17(25)23(5)6/h13H,8-12H2,1-7H3,(H2,19,20,21). The van der Waals surface area contributed by atoms with Crippen LogP contribution in [-0.4, -0.2) is 53.7 Å². The molecule has 0 radical (unpaired) electrons. The summed E-state index contributed by atoms with van der Waals surface area (Å²) < 4.78 is 1.95. The van der Waals surface area contributed by atoms with Crippen LogP contribution in [0.4, 0.5) is 0 Å². The average Bonchev–Trinajstić information content (AvgIpc) is 2.88. The van der Waals surface area contributed by atoms with Crippen LogP contribution < -0.4 is 10.6 Å². The van der Waals surface area contributed by atoms with E-state index in [1.54, 1.807) is 19.0 Å². The lowest BCUT2D eigenvalue weighted by molar-refractivity contribution is -0.127. The van der Waals surface area contributed by atoms with Crippen molar-refractivity contribution in [2.45, 2.75) is 47.1 Å². The van der Waals surface area contributed by atoms with Gasteiger partial charge in [-0.2, -0.15) is 5.10 Å². The molecule has 2 N–H and O–H groups in total. The molecule has 1 aromatic rings. The second-order valence-corrected chi connectivity index (χ2v) is 6.78. The molecule has 0 aliphatic carbocycles. The molecule has 0 fully saturated rings. The Labute approximate surface area is 151 Å². The SMILES string of the molecule is CCc1nn(C)c(CC)c1CN=C(NCC(=O)N(C)C)NCC(C)C. The topological polar surface area (TPSA) is 74.5 Å². The molecule has 1 rings (SSSR count).